The molecule has 0 saturated heterocycles. The Balaban J connectivity index is 2.24. The number of nitrogens with one attached hydrogen (secondary N) is 2. The van der Waals surface area contributed by atoms with Gasteiger partial charge in [-0.1, -0.05) is 19.1 Å². The van der Waals surface area contributed by atoms with E-state index < -0.39 is 10.2 Å². The lowest BCUT2D eigenvalue weighted by atomic mass is 10.1. The molecule has 0 aliphatic rings. The minimum atomic E-state index is -3.34. The van der Waals surface area contributed by atoms with Crippen LogP contribution in [0.1, 0.15) is 25.3 Å². The molecule has 5 nitrogen and oxygen atoms in total. The van der Waals surface area contributed by atoms with Crippen molar-refractivity contribution in [2.24, 2.45) is 0 Å². The molecule has 0 saturated carbocycles. The van der Waals surface area contributed by atoms with Crippen LogP contribution in [0.15, 0.2) is 24.3 Å². The van der Waals surface area contributed by atoms with E-state index in [1.165, 1.54) is 0 Å². The van der Waals surface area contributed by atoms with E-state index in [1.807, 2.05) is 19.1 Å². The van der Waals surface area contributed by atoms with Crippen LogP contribution in [0.4, 0.5) is 0 Å². The molecule has 18 heavy (non-hydrogen) atoms. The summed E-state index contributed by atoms with van der Waals surface area (Å²) in [7, 11) is -3.34. The molecule has 0 spiro atoms. The first kappa shape index (κ1) is 14.9. The second-order valence-corrected chi connectivity index (χ2v) is 5.65. The normalized spacial score (nSPS) is 11.6. The number of aryl methyl sites for hydroxylation is 1. The van der Waals surface area contributed by atoms with Crippen LogP contribution in [0.25, 0.3) is 0 Å². The van der Waals surface area contributed by atoms with Crippen LogP contribution in [0, 0.1) is 0 Å². The predicted octanol–water partition coefficient (Wildman–Crippen LogP) is 1.16. The molecule has 0 bridgehead atoms. The largest absolute Gasteiger partial charge is 0.508 e. The molecule has 0 heterocycles. The number of phenols is 1. The maximum Gasteiger partial charge on any atom is 0.276 e. The SMILES string of the molecule is CCCNS(=O)(=O)NCCCc1ccc(O)cc1. The maximum absolute atomic E-state index is 11.4. The van der Waals surface area contributed by atoms with Gasteiger partial charge in [-0.2, -0.15) is 8.42 Å². The van der Waals surface area contributed by atoms with Crippen molar-refractivity contribution in [2.45, 2.75) is 26.2 Å². The number of phenolic OH excluding ortho intramolecular Hbond substituents is 1. The van der Waals surface area contributed by atoms with Crippen molar-refractivity contribution in [1.82, 2.24) is 9.44 Å². The standard InChI is InChI=1S/C12H20N2O3S/c1-2-9-13-18(16,17)14-10-3-4-11-5-7-12(15)8-6-11/h5-8,13-15H,2-4,9-10H2,1H3. The molecule has 3 N–H and O–H groups in total. The minimum absolute atomic E-state index is 0.239. The molecular weight excluding hydrogens is 252 g/mol. The Kier molecular flexibility index (Phi) is 6.11. The Hall–Kier alpha value is -1.11. The number of hydrogen-bond acceptors (Lipinski definition) is 3. The summed E-state index contributed by atoms with van der Waals surface area (Å²) < 4.78 is 27.7. The van der Waals surface area contributed by atoms with Gasteiger partial charge < -0.3 is 5.11 Å². The van der Waals surface area contributed by atoms with Crippen LogP contribution in [0.2, 0.25) is 0 Å². The molecule has 0 fully saturated rings. The van der Waals surface area contributed by atoms with E-state index in [0.717, 1.165) is 24.8 Å². The fraction of sp³-hybridized carbons (Fsp3) is 0.500. The molecule has 1 rings (SSSR count). The molecule has 0 amide bonds. The number of rotatable bonds is 8. The summed E-state index contributed by atoms with van der Waals surface area (Å²) in [4.78, 5) is 0. The molecule has 0 aliphatic carbocycles. The topological polar surface area (TPSA) is 78.4 Å². The second-order valence-electron chi connectivity index (χ2n) is 4.06. The van der Waals surface area contributed by atoms with E-state index in [9.17, 15) is 8.42 Å². The first-order valence-corrected chi connectivity index (χ1v) is 7.54. The van der Waals surface area contributed by atoms with Crippen molar-refractivity contribution in [3.8, 4) is 5.75 Å². The van der Waals surface area contributed by atoms with Crippen molar-refractivity contribution < 1.29 is 13.5 Å². The van der Waals surface area contributed by atoms with Gasteiger partial charge in [0.05, 0.1) is 0 Å². The maximum atomic E-state index is 11.4. The lowest BCUT2D eigenvalue weighted by Gasteiger charge is -2.07. The summed E-state index contributed by atoms with van der Waals surface area (Å²) in [6, 6.07) is 6.92. The van der Waals surface area contributed by atoms with Crippen LogP contribution in [0.5, 0.6) is 5.75 Å². The molecule has 102 valence electrons. The second kappa shape index (κ2) is 7.35. The van der Waals surface area contributed by atoms with E-state index >= 15 is 0 Å². The van der Waals surface area contributed by atoms with Crippen LogP contribution in [-0.4, -0.2) is 26.6 Å². The minimum Gasteiger partial charge on any atom is -0.508 e. The molecule has 1 aromatic carbocycles. The highest BCUT2D eigenvalue weighted by Gasteiger charge is 2.06. The summed E-state index contributed by atoms with van der Waals surface area (Å²) in [5.74, 6) is 0.239. The van der Waals surface area contributed by atoms with Gasteiger partial charge in [-0.05, 0) is 37.0 Å². The van der Waals surface area contributed by atoms with Crippen LogP contribution >= 0.6 is 0 Å². The third-order valence-electron chi connectivity index (χ3n) is 2.41. The van der Waals surface area contributed by atoms with Gasteiger partial charge in [0, 0.05) is 13.1 Å². The molecular formula is C12H20N2O3S. The number of hydrogen-bond donors (Lipinski definition) is 3. The van der Waals surface area contributed by atoms with Crippen molar-refractivity contribution >= 4 is 10.2 Å². The first-order chi connectivity index (χ1) is 8.53. The van der Waals surface area contributed by atoms with Gasteiger partial charge >= 0.3 is 0 Å². The van der Waals surface area contributed by atoms with E-state index in [4.69, 9.17) is 5.11 Å². The highest BCUT2D eigenvalue weighted by atomic mass is 32.2. The Morgan fingerprint density at radius 2 is 1.72 bits per heavy atom. The lowest BCUT2D eigenvalue weighted by molar-refractivity contribution is 0.475. The van der Waals surface area contributed by atoms with Crippen LogP contribution < -0.4 is 9.44 Å². The molecule has 1 aromatic rings. The van der Waals surface area contributed by atoms with Crippen LogP contribution in [0.3, 0.4) is 0 Å². The predicted molar refractivity (Wildman–Crippen MR) is 71.6 cm³/mol. The highest BCUT2D eigenvalue weighted by Crippen LogP contribution is 2.10. The van der Waals surface area contributed by atoms with Gasteiger partial charge in [0.1, 0.15) is 5.75 Å². The van der Waals surface area contributed by atoms with E-state index in [0.29, 0.717) is 13.1 Å². The first-order valence-electron chi connectivity index (χ1n) is 6.05. The van der Waals surface area contributed by atoms with Crippen molar-refractivity contribution in [3.05, 3.63) is 29.8 Å². The molecule has 6 heteroatoms. The van der Waals surface area contributed by atoms with Crippen molar-refractivity contribution in [1.29, 1.82) is 0 Å². The zero-order chi connectivity index (χ0) is 13.4. The summed E-state index contributed by atoms with van der Waals surface area (Å²) in [6.07, 6.45) is 2.27. The van der Waals surface area contributed by atoms with Gasteiger partial charge in [0.25, 0.3) is 10.2 Å². The van der Waals surface area contributed by atoms with E-state index in [2.05, 4.69) is 9.44 Å². The summed E-state index contributed by atoms with van der Waals surface area (Å²) in [6.45, 7) is 2.76. The smallest absolute Gasteiger partial charge is 0.276 e. The third kappa shape index (κ3) is 6.00. The monoisotopic (exact) mass is 272 g/mol. The molecule has 0 aliphatic heterocycles. The Morgan fingerprint density at radius 3 is 2.33 bits per heavy atom. The van der Waals surface area contributed by atoms with Crippen molar-refractivity contribution in [3.63, 3.8) is 0 Å². The number of benzene rings is 1. The van der Waals surface area contributed by atoms with E-state index in [1.54, 1.807) is 12.1 Å². The molecule has 0 aromatic heterocycles. The quantitative estimate of drug-likeness (QED) is 0.621. The van der Waals surface area contributed by atoms with Gasteiger partial charge in [-0.3, -0.25) is 0 Å². The van der Waals surface area contributed by atoms with E-state index in [-0.39, 0.29) is 5.75 Å². The average Bonchev–Trinajstić information content (AvgIpc) is 2.34. The highest BCUT2D eigenvalue weighted by molar-refractivity contribution is 7.87. The summed E-state index contributed by atoms with van der Waals surface area (Å²) in [5.41, 5.74) is 1.08. The summed E-state index contributed by atoms with van der Waals surface area (Å²) in [5, 5.41) is 9.12. The Bertz CT molecular complexity index is 443. The summed E-state index contributed by atoms with van der Waals surface area (Å²) >= 11 is 0. The molecule has 0 radical (unpaired) electrons. The zero-order valence-electron chi connectivity index (χ0n) is 10.5. The Morgan fingerprint density at radius 1 is 1.11 bits per heavy atom. The van der Waals surface area contributed by atoms with Gasteiger partial charge in [-0.25, -0.2) is 9.44 Å². The fourth-order valence-corrected chi connectivity index (χ4v) is 2.44. The van der Waals surface area contributed by atoms with Gasteiger partial charge in [-0.15, -0.1) is 0 Å². The van der Waals surface area contributed by atoms with Gasteiger partial charge in [0.15, 0.2) is 0 Å². The fourth-order valence-electron chi connectivity index (χ4n) is 1.45. The average molecular weight is 272 g/mol. The third-order valence-corrected chi connectivity index (χ3v) is 3.58. The van der Waals surface area contributed by atoms with Gasteiger partial charge in [0.2, 0.25) is 0 Å². The Labute approximate surface area is 108 Å². The lowest BCUT2D eigenvalue weighted by Crippen LogP contribution is -2.37. The van der Waals surface area contributed by atoms with Crippen molar-refractivity contribution in [2.75, 3.05) is 13.1 Å². The molecule has 0 atom stereocenters. The molecule has 0 unspecified atom stereocenters. The van der Waals surface area contributed by atoms with Crippen LogP contribution in [-0.2, 0) is 16.6 Å². The zero-order valence-corrected chi connectivity index (χ0v) is 11.3. The number of aromatic hydroxyl groups is 1.